The van der Waals surface area contributed by atoms with Gasteiger partial charge in [-0.3, -0.25) is 0 Å². The van der Waals surface area contributed by atoms with Crippen LogP contribution in [-0.2, 0) is 0 Å². The molecule has 3 heterocycles. The average molecular weight is 782 g/mol. The van der Waals surface area contributed by atoms with Crippen molar-refractivity contribution < 1.29 is 9.40 Å². The Kier molecular flexibility index (Phi) is 9.10. The van der Waals surface area contributed by atoms with Crippen LogP contribution in [0.2, 0.25) is 0 Å². The van der Waals surface area contributed by atoms with Gasteiger partial charge in [0, 0.05) is 16.3 Å². The van der Waals surface area contributed by atoms with E-state index in [1.807, 2.05) is 60.7 Å². The Labute approximate surface area is 353 Å². The molecule has 286 valence electrons. The van der Waals surface area contributed by atoms with Gasteiger partial charge in [-0.1, -0.05) is 162 Å². The lowest BCUT2D eigenvalue weighted by atomic mass is 9.95. The van der Waals surface area contributed by atoms with Crippen LogP contribution in [0, 0.1) is 0 Å². The van der Waals surface area contributed by atoms with Crippen LogP contribution in [-0.4, -0.2) is 15.0 Å². The highest BCUT2D eigenvalue weighted by atomic mass is 16.3. The van der Waals surface area contributed by atoms with Crippen LogP contribution in [0.25, 0.3) is 112 Å². The quantitative estimate of drug-likeness (QED) is 0.154. The lowest BCUT2D eigenvalue weighted by molar-refractivity contribution is -0.360. The Balaban J connectivity index is 1.03. The van der Waals surface area contributed by atoms with E-state index in [1.165, 1.54) is 22.3 Å². The zero-order chi connectivity index (χ0) is 40.5. The minimum absolute atomic E-state index is 0.620. The molecule has 0 atom stereocenters. The predicted octanol–water partition coefficient (Wildman–Crippen LogP) is 13.9. The number of fused-ring (bicyclic) bond motifs is 3. The number of furan rings is 1. The standard InChI is InChI=1S/C56H36N4O/c1-5-15-37(16-6-1)43-23-13-24-44(33-43)39-27-29-40(30-28-39)47-25-14-26-52-53(47)48-34-45(31-32-51(48)61-52)49-35-46(38-17-7-2-8-18-38)36-50(57-49)56-59-54(41-19-9-3-10-20-41)58-55(60-56)42-21-11-4-12-22-42/h1-36H/p+1. The summed E-state index contributed by atoms with van der Waals surface area (Å²) in [5.41, 5.74) is 15.2. The molecule has 0 fully saturated rings. The minimum atomic E-state index is 0.620. The highest BCUT2D eigenvalue weighted by Crippen LogP contribution is 2.40. The molecular weight excluding hydrogens is 745 g/mol. The second kappa shape index (κ2) is 15.5. The molecule has 1 N–H and O–H groups in total. The first-order valence-corrected chi connectivity index (χ1v) is 20.4. The topological polar surface area (TPSA) is 66.0 Å². The van der Waals surface area contributed by atoms with Crippen molar-refractivity contribution in [1.29, 1.82) is 0 Å². The Bertz CT molecular complexity index is 3270. The van der Waals surface area contributed by atoms with Crippen molar-refractivity contribution in [2.24, 2.45) is 0 Å². The summed E-state index contributed by atoms with van der Waals surface area (Å²) in [6, 6.07) is 75.7. The Hall–Kier alpha value is -8.28. The third-order valence-electron chi connectivity index (χ3n) is 11.2. The summed E-state index contributed by atoms with van der Waals surface area (Å²) in [7, 11) is 0. The summed E-state index contributed by atoms with van der Waals surface area (Å²) in [5, 5.41) is 2.10. The third kappa shape index (κ3) is 7.04. The van der Waals surface area contributed by atoms with E-state index in [4.69, 9.17) is 19.4 Å². The molecule has 0 aliphatic heterocycles. The normalized spacial score (nSPS) is 11.3. The summed E-state index contributed by atoms with van der Waals surface area (Å²) in [4.78, 5) is 19.0. The smallest absolute Gasteiger partial charge is 0.308 e. The fourth-order valence-corrected chi connectivity index (χ4v) is 8.15. The molecule has 0 spiro atoms. The highest BCUT2D eigenvalue weighted by Gasteiger charge is 2.22. The minimum Gasteiger partial charge on any atom is -0.456 e. The number of pyridine rings is 1. The van der Waals surface area contributed by atoms with Gasteiger partial charge in [-0.15, -0.1) is 0 Å². The number of aromatic nitrogens is 4. The first-order chi connectivity index (χ1) is 30.2. The van der Waals surface area contributed by atoms with Gasteiger partial charge in [-0.25, -0.2) is 9.97 Å². The van der Waals surface area contributed by atoms with E-state index >= 15 is 0 Å². The van der Waals surface area contributed by atoms with Crippen molar-refractivity contribution in [2.75, 3.05) is 0 Å². The maximum Gasteiger partial charge on any atom is 0.308 e. The number of hydrogen-bond acceptors (Lipinski definition) is 4. The first kappa shape index (κ1) is 35.8. The van der Waals surface area contributed by atoms with Gasteiger partial charge in [0.2, 0.25) is 0 Å². The number of nitrogens with one attached hydrogen (secondary N) is 1. The molecule has 61 heavy (non-hydrogen) atoms. The molecule has 11 aromatic rings. The summed E-state index contributed by atoms with van der Waals surface area (Å²) in [6.45, 7) is 0. The summed E-state index contributed by atoms with van der Waals surface area (Å²) in [6.07, 6.45) is 0. The lowest BCUT2D eigenvalue weighted by Gasteiger charge is -2.10. The number of aromatic amines is 1. The third-order valence-corrected chi connectivity index (χ3v) is 11.2. The zero-order valence-electron chi connectivity index (χ0n) is 33.0. The van der Waals surface area contributed by atoms with Crippen molar-refractivity contribution >= 4 is 21.9 Å². The Morgan fingerprint density at radius 3 is 1.52 bits per heavy atom. The molecule has 0 amide bonds. The average Bonchev–Trinajstić information content (AvgIpc) is 3.73. The Morgan fingerprint density at radius 1 is 0.311 bits per heavy atom. The molecule has 3 aromatic heterocycles. The molecule has 0 aliphatic carbocycles. The van der Waals surface area contributed by atoms with Gasteiger partial charge in [0.1, 0.15) is 16.9 Å². The zero-order valence-corrected chi connectivity index (χ0v) is 33.0. The van der Waals surface area contributed by atoms with Crippen LogP contribution < -0.4 is 4.98 Å². The monoisotopic (exact) mass is 781 g/mol. The molecule has 5 nitrogen and oxygen atoms in total. The Morgan fingerprint density at radius 2 is 0.836 bits per heavy atom. The molecule has 0 aliphatic rings. The van der Waals surface area contributed by atoms with Crippen LogP contribution in [0.4, 0.5) is 0 Å². The van der Waals surface area contributed by atoms with Gasteiger partial charge in [-0.2, -0.15) is 0 Å². The number of hydrogen-bond donors (Lipinski definition) is 0. The number of H-pyrrole nitrogens is 1. The molecule has 0 saturated heterocycles. The molecule has 0 unspecified atom stereocenters. The maximum absolute atomic E-state index is 6.51. The van der Waals surface area contributed by atoms with Crippen LogP contribution in [0.1, 0.15) is 0 Å². The van der Waals surface area contributed by atoms with Crippen LogP contribution >= 0.6 is 0 Å². The maximum atomic E-state index is 6.51. The van der Waals surface area contributed by atoms with Gasteiger partial charge in [0.15, 0.2) is 0 Å². The van der Waals surface area contributed by atoms with E-state index in [9.17, 15) is 0 Å². The molecule has 11 rings (SSSR count). The van der Waals surface area contributed by atoms with E-state index in [-0.39, 0.29) is 0 Å². The van der Waals surface area contributed by atoms with E-state index in [0.717, 1.165) is 66.6 Å². The van der Waals surface area contributed by atoms with Crippen molar-refractivity contribution in [3.8, 4) is 90.1 Å². The van der Waals surface area contributed by atoms with E-state index in [0.29, 0.717) is 23.2 Å². The van der Waals surface area contributed by atoms with Gasteiger partial charge >= 0.3 is 5.82 Å². The molecule has 0 radical (unpaired) electrons. The van der Waals surface area contributed by atoms with Crippen molar-refractivity contribution in [3.05, 3.63) is 218 Å². The van der Waals surface area contributed by atoms with Crippen LogP contribution in [0.5, 0.6) is 0 Å². The second-order valence-corrected chi connectivity index (χ2v) is 15.1. The van der Waals surface area contributed by atoms with Gasteiger partial charge in [0.25, 0.3) is 11.6 Å². The number of nitrogens with zero attached hydrogens (tertiary/aromatic N) is 3. The second-order valence-electron chi connectivity index (χ2n) is 15.1. The van der Waals surface area contributed by atoms with Crippen molar-refractivity contribution in [1.82, 2.24) is 15.0 Å². The highest BCUT2D eigenvalue weighted by molar-refractivity contribution is 6.13. The number of rotatable bonds is 8. The van der Waals surface area contributed by atoms with E-state index in [2.05, 4.69) is 163 Å². The van der Waals surface area contributed by atoms with Gasteiger partial charge in [-0.05, 0) is 111 Å². The number of benzene rings is 8. The summed E-state index contributed by atoms with van der Waals surface area (Å²) < 4.78 is 6.51. The fourth-order valence-electron chi connectivity index (χ4n) is 8.15. The molecule has 0 saturated carbocycles. The molecular formula is C56H37N4O+. The molecule has 5 heteroatoms. The van der Waals surface area contributed by atoms with Crippen LogP contribution in [0.3, 0.4) is 0 Å². The lowest BCUT2D eigenvalue weighted by Crippen LogP contribution is -2.17. The molecule has 8 aromatic carbocycles. The fraction of sp³-hybridized carbons (Fsp3) is 0. The predicted molar refractivity (Wildman–Crippen MR) is 247 cm³/mol. The first-order valence-electron chi connectivity index (χ1n) is 20.4. The SMILES string of the molecule is c1ccc(-c2cccc(-c3ccc(-c4cccc5oc6ccc(-c7cc(-c8ccccc8)cc(-c8nc(-c9ccccc9)nc(-c9ccccc9)[nH+]8)n7)cc6c45)cc3)c2)cc1. The van der Waals surface area contributed by atoms with Crippen molar-refractivity contribution in [2.45, 2.75) is 0 Å². The largest absolute Gasteiger partial charge is 0.456 e. The molecule has 0 bridgehead atoms. The van der Waals surface area contributed by atoms with E-state index < -0.39 is 0 Å². The summed E-state index contributed by atoms with van der Waals surface area (Å²) in [5.74, 6) is 1.96. The van der Waals surface area contributed by atoms with Crippen LogP contribution in [0.15, 0.2) is 223 Å². The van der Waals surface area contributed by atoms with Gasteiger partial charge < -0.3 is 4.42 Å². The summed E-state index contributed by atoms with van der Waals surface area (Å²) >= 11 is 0. The van der Waals surface area contributed by atoms with Gasteiger partial charge in [0.05, 0.1) is 16.8 Å². The van der Waals surface area contributed by atoms with E-state index in [1.54, 1.807) is 0 Å². The van der Waals surface area contributed by atoms with Crippen molar-refractivity contribution in [3.63, 3.8) is 0 Å².